The van der Waals surface area contributed by atoms with Crippen LogP contribution in [0.1, 0.15) is 52.9 Å². The first-order chi connectivity index (χ1) is 6.49. The first-order valence-electron chi connectivity index (χ1n) is 5.81. The van der Waals surface area contributed by atoms with Gasteiger partial charge >= 0.3 is 0 Å². The minimum absolute atomic E-state index is 0.0699. The van der Waals surface area contributed by atoms with Crippen molar-refractivity contribution in [3.63, 3.8) is 0 Å². The molecular formula is C12H24OS. The Hall–Kier alpha value is 0.310. The zero-order chi connectivity index (χ0) is 10.6. The van der Waals surface area contributed by atoms with E-state index in [4.69, 9.17) is 0 Å². The number of thioether (sulfide) groups is 1. The molecule has 2 heteroatoms. The fourth-order valence-corrected chi connectivity index (χ4v) is 2.93. The number of rotatable bonds is 3. The van der Waals surface area contributed by atoms with Gasteiger partial charge in [0.25, 0.3) is 0 Å². The van der Waals surface area contributed by atoms with Gasteiger partial charge in [-0.2, -0.15) is 11.8 Å². The second-order valence-corrected chi connectivity index (χ2v) is 7.24. The first-order valence-corrected chi connectivity index (χ1v) is 6.79. The molecule has 1 atom stereocenters. The summed E-state index contributed by atoms with van der Waals surface area (Å²) in [6.07, 6.45) is 6.43. The minimum atomic E-state index is -0.0699. The molecule has 1 saturated carbocycles. The summed E-state index contributed by atoms with van der Waals surface area (Å²) in [5, 5.41) is 10.0. The van der Waals surface area contributed by atoms with Gasteiger partial charge in [0.1, 0.15) is 0 Å². The maximum Gasteiger partial charge on any atom is 0.0658 e. The van der Waals surface area contributed by atoms with Crippen LogP contribution in [-0.2, 0) is 0 Å². The van der Waals surface area contributed by atoms with E-state index in [9.17, 15) is 5.11 Å². The average Bonchev–Trinajstić information content (AvgIpc) is 2.14. The van der Waals surface area contributed by atoms with Crippen LogP contribution < -0.4 is 0 Å². The molecule has 0 aromatic carbocycles. The number of aliphatic hydroxyl groups excluding tert-OH is 1. The van der Waals surface area contributed by atoms with Gasteiger partial charge in [-0.1, -0.05) is 40.0 Å². The molecule has 14 heavy (non-hydrogen) atoms. The van der Waals surface area contributed by atoms with E-state index in [0.717, 1.165) is 5.75 Å². The molecule has 0 spiro atoms. The van der Waals surface area contributed by atoms with Crippen LogP contribution in [0.5, 0.6) is 0 Å². The van der Waals surface area contributed by atoms with Gasteiger partial charge in [-0.15, -0.1) is 0 Å². The Balaban J connectivity index is 2.23. The largest absolute Gasteiger partial charge is 0.392 e. The van der Waals surface area contributed by atoms with Gasteiger partial charge in [0.2, 0.25) is 0 Å². The third-order valence-corrected chi connectivity index (χ3v) is 4.26. The Bertz CT molecular complexity index is 156. The van der Waals surface area contributed by atoms with Gasteiger partial charge in [0.05, 0.1) is 6.10 Å². The number of hydrogen-bond acceptors (Lipinski definition) is 2. The summed E-state index contributed by atoms with van der Waals surface area (Å²) < 4.78 is 0.287. The van der Waals surface area contributed by atoms with E-state index in [0.29, 0.717) is 5.92 Å². The smallest absolute Gasteiger partial charge is 0.0658 e. The van der Waals surface area contributed by atoms with E-state index in [1.54, 1.807) is 0 Å². The zero-order valence-corrected chi connectivity index (χ0v) is 10.6. The van der Waals surface area contributed by atoms with Crippen molar-refractivity contribution in [2.45, 2.75) is 63.7 Å². The molecule has 0 heterocycles. The SMILES string of the molecule is CC(C)(C)SCC(O)C1CCCCC1. The quantitative estimate of drug-likeness (QED) is 0.779. The van der Waals surface area contributed by atoms with E-state index < -0.39 is 0 Å². The Morgan fingerprint density at radius 1 is 1.21 bits per heavy atom. The second-order valence-electron chi connectivity index (χ2n) is 5.39. The normalized spacial score (nSPS) is 22.3. The van der Waals surface area contributed by atoms with Crippen molar-refractivity contribution >= 4 is 11.8 Å². The molecule has 1 rings (SSSR count). The van der Waals surface area contributed by atoms with Gasteiger partial charge in [-0.05, 0) is 18.8 Å². The maximum absolute atomic E-state index is 10.0. The lowest BCUT2D eigenvalue weighted by molar-refractivity contribution is 0.105. The Labute approximate surface area is 92.7 Å². The summed E-state index contributed by atoms with van der Waals surface area (Å²) in [4.78, 5) is 0. The fraction of sp³-hybridized carbons (Fsp3) is 1.00. The average molecular weight is 216 g/mol. The summed E-state index contributed by atoms with van der Waals surface area (Å²) in [5.41, 5.74) is 0. The Morgan fingerprint density at radius 2 is 1.79 bits per heavy atom. The van der Waals surface area contributed by atoms with E-state index >= 15 is 0 Å². The molecule has 0 aromatic rings. The molecule has 0 amide bonds. The molecule has 1 unspecified atom stereocenters. The van der Waals surface area contributed by atoms with Gasteiger partial charge in [0, 0.05) is 10.5 Å². The van der Waals surface area contributed by atoms with E-state index in [2.05, 4.69) is 20.8 Å². The monoisotopic (exact) mass is 216 g/mol. The third kappa shape index (κ3) is 4.70. The lowest BCUT2D eigenvalue weighted by atomic mass is 9.86. The van der Waals surface area contributed by atoms with Crippen molar-refractivity contribution in [2.75, 3.05) is 5.75 Å². The van der Waals surface area contributed by atoms with Gasteiger partial charge < -0.3 is 5.11 Å². The van der Waals surface area contributed by atoms with Gasteiger partial charge in [-0.25, -0.2) is 0 Å². The molecule has 0 aromatic heterocycles. The topological polar surface area (TPSA) is 20.2 Å². The molecule has 1 fully saturated rings. The van der Waals surface area contributed by atoms with Crippen molar-refractivity contribution in [2.24, 2.45) is 5.92 Å². The zero-order valence-electron chi connectivity index (χ0n) is 9.75. The Kier molecular flexibility index (Phi) is 4.78. The number of hydrogen-bond donors (Lipinski definition) is 1. The molecule has 0 saturated heterocycles. The summed E-state index contributed by atoms with van der Waals surface area (Å²) in [6, 6.07) is 0. The first kappa shape index (κ1) is 12.4. The van der Waals surface area contributed by atoms with Crippen molar-refractivity contribution in [3.05, 3.63) is 0 Å². The van der Waals surface area contributed by atoms with E-state index in [-0.39, 0.29) is 10.9 Å². The predicted octanol–water partition coefficient (Wildman–Crippen LogP) is 3.46. The molecule has 1 nitrogen and oxygen atoms in total. The van der Waals surface area contributed by atoms with Crippen LogP contribution in [0.4, 0.5) is 0 Å². The van der Waals surface area contributed by atoms with Crippen LogP contribution in [0.3, 0.4) is 0 Å². The van der Waals surface area contributed by atoms with Gasteiger partial charge in [-0.3, -0.25) is 0 Å². The second kappa shape index (κ2) is 5.41. The van der Waals surface area contributed by atoms with Crippen LogP contribution in [0.25, 0.3) is 0 Å². The summed E-state index contributed by atoms with van der Waals surface area (Å²) >= 11 is 1.89. The highest BCUT2D eigenvalue weighted by Crippen LogP contribution is 2.31. The fourth-order valence-electron chi connectivity index (χ4n) is 1.99. The van der Waals surface area contributed by atoms with Crippen LogP contribution in [0, 0.1) is 5.92 Å². The number of aliphatic hydroxyl groups is 1. The van der Waals surface area contributed by atoms with Crippen LogP contribution in [-0.4, -0.2) is 21.7 Å². The van der Waals surface area contributed by atoms with Crippen molar-refractivity contribution in [1.29, 1.82) is 0 Å². The van der Waals surface area contributed by atoms with Crippen LogP contribution in [0.15, 0.2) is 0 Å². The third-order valence-electron chi connectivity index (χ3n) is 2.88. The molecular weight excluding hydrogens is 192 g/mol. The van der Waals surface area contributed by atoms with Crippen molar-refractivity contribution < 1.29 is 5.11 Å². The van der Waals surface area contributed by atoms with E-state index in [1.165, 1.54) is 32.1 Å². The molecule has 0 radical (unpaired) electrons. The molecule has 1 aliphatic carbocycles. The highest BCUT2D eigenvalue weighted by Gasteiger charge is 2.23. The predicted molar refractivity (Wildman–Crippen MR) is 64.8 cm³/mol. The highest BCUT2D eigenvalue weighted by atomic mass is 32.2. The minimum Gasteiger partial charge on any atom is -0.392 e. The summed E-state index contributed by atoms with van der Waals surface area (Å²) in [5.74, 6) is 1.49. The maximum atomic E-state index is 10.0. The summed E-state index contributed by atoms with van der Waals surface area (Å²) in [7, 11) is 0. The van der Waals surface area contributed by atoms with Crippen molar-refractivity contribution in [1.82, 2.24) is 0 Å². The lowest BCUT2D eigenvalue weighted by Crippen LogP contribution is -2.27. The molecule has 0 aliphatic heterocycles. The standard InChI is InChI=1S/C12H24OS/c1-12(2,3)14-9-11(13)10-7-5-4-6-8-10/h10-11,13H,4-9H2,1-3H3. The Morgan fingerprint density at radius 3 is 2.29 bits per heavy atom. The van der Waals surface area contributed by atoms with Gasteiger partial charge in [0.15, 0.2) is 0 Å². The molecule has 0 bridgehead atoms. The molecule has 1 aliphatic rings. The molecule has 1 N–H and O–H groups in total. The van der Waals surface area contributed by atoms with Crippen LogP contribution in [0.2, 0.25) is 0 Å². The van der Waals surface area contributed by atoms with Crippen molar-refractivity contribution in [3.8, 4) is 0 Å². The van der Waals surface area contributed by atoms with Crippen LogP contribution >= 0.6 is 11.8 Å². The molecule has 84 valence electrons. The summed E-state index contributed by atoms with van der Waals surface area (Å²) in [6.45, 7) is 6.64. The lowest BCUT2D eigenvalue weighted by Gasteiger charge is -2.28. The van der Waals surface area contributed by atoms with E-state index in [1.807, 2.05) is 11.8 Å². The highest BCUT2D eigenvalue weighted by molar-refractivity contribution is 8.00.